The van der Waals surface area contributed by atoms with Crippen LogP contribution in [0.1, 0.15) is 23.9 Å². The maximum absolute atomic E-state index is 12.0. The second-order valence-electron chi connectivity index (χ2n) is 6.54. The molecule has 1 aromatic heterocycles. The second-order valence-corrected chi connectivity index (χ2v) is 6.54. The minimum atomic E-state index is -0.298. The number of aryl methyl sites for hydroxylation is 1. The quantitative estimate of drug-likeness (QED) is 0.494. The monoisotopic (exact) mass is 375 g/mol. The lowest BCUT2D eigenvalue weighted by Gasteiger charge is -2.07. The Labute approximate surface area is 165 Å². The van der Waals surface area contributed by atoms with E-state index in [-0.39, 0.29) is 12.5 Å². The summed E-state index contributed by atoms with van der Waals surface area (Å²) in [5.74, 6) is 0.345. The lowest BCUT2D eigenvalue weighted by atomic mass is 10.1. The number of ether oxygens (including phenoxy) is 1. The van der Waals surface area contributed by atoms with E-state index >= 15 is 0 Å². The number of benzene rings is 2. The van der Waals surface area contributed by atoms with Crippen molar-refractivity contribution in [2.45, 2.75) is 27.3 Å². The van der Waals surface area contributed by atoms with Crippen molar-refractivity contribution in [3.8, 4) is 16.9 Å². The fourth-order valence-corrected chi connectivity index (χ4v) is 3.17. The van der Waals surface area contributed by atoms with E-state index in [1.54, 1.807) is 6.21 Å². The van der Waals surface area contributed by atoms with Crippen LogP contribution in [0.15, 0.2) is 65.8 Å². The molecule has 2 aromatic carbocycles. The molecule has 0 unspecified atom stereocenters. The highest BCUT2D eigenvalue weighted by molar-refractivity contribution is 5.84. The van der Waals surface area contributed by atoms with E-state index in [9.17, 15) is 4.79 Å². The zero-order valence-corrected chi connectivity index (χ0v) is 16.5. The molecule has 0 fully saturated rings. The highest BCUT2D eigenvalue weighted by Crippen LogP contribution is 2.22. The lowest BCUT2D eigenvalue weighted by molar-refractivity contribution is -0.123. The van der Waals surface area contributed by atoms with Gasteiger partial charge in [0.2, 0.25) is 0 Å². The standard InChI is InChI=1S/C23H25N3O2/c1-4-26-17(2)14-21(18(26)3)15-24-25-23(27)16-28-22-12-10-20(11-13-22)19-8-6-5-7-9-19/h5-15H,4,16H2,1-3H3,(H,25,27)/b24-15+. The molecule has 0 aliphatic rings. The van der Waals surface area contributed by atoms with E-state index in [1.165, 1.54) is 5.69 Å². The van der Waals surface area contributed by atoms with Crippen molar-refractivity contribution in [1.82, 2.24) is 9.99 Å². The average Bonchev–Trinajstić information content (AvgIpc) is 3.00. The summed E-state index contributed by atoms with van der Waals surface area (Å²) in [4.78, 5) is 12.0. The van der Waals surface area contributed by atoms with Crippen molar-refractivity contribution in [1.29, 1.82) is 0 Å². The van der Waals surface area contributed by atoms with Crippen LogP contribution in [0.3, 0.4) is 0 Å². The Hall–Kier alpha value is -3.34. The highest BCUT2D eigenvalue weighted by Gasteiger charge is 2.06. The van der Waals surface area contributed by atoms with Crippen molar-refractivity contribution in [3.63, 3.8) is 0 Å². The fraction of sp³-hybridized carbons (Fsp3) is 0.217. The van der Waals surface area contributed by atoms with Crippen molar-refractivity contribution in [2.75, 3.05) is 6.61 Å². The van der Waals surface area contributed by atoms with Gasteiger partial charge in [0.25, 0.3) is 5.91 Å². The predicted octanol–water partition coefficient (Wildman–Crippen LogP) is 4.32. The van der Waals surface area contributed by atoms with Crippen LogP contribution in [-0.4, -0.2) is 23.3 Å². The first-order valence-electron chi connectivity index (χ1n) is 9.35. The highest BCUT2D eigenvalue weighted by atomic mass is 16.5. The number of carbonyl (C=O) groups excluding carboxylic acids is 1. The minimum Gasteiger partial charge on any atom is -0.484 e. The Kier molecular flexibility index (Phi) is 6.27. The molecule has 0 bridgehead atoms. The predicted molar refractivity (Wildman–Crippen MR) is 113 cm³/mol. The van der Waals surface area contributed by atoms with Crippen molar-refractivity contribution >= 4 is 12.1 Å². The Balaban J connectivity index is 1.50. The van der Waals surface area contributed by atoms with Gasteiger partial charge >= 0.3 is 0 Å². The lowest BCUT2D eigenvalue weighted by Crippen LogP contribution is -2.24. The van der Waals surface area contributed by atoms with Crippen LogP contribution < -0.4 is 10.2 Å². The number of hydrazone groups is 1. The molecule has 3 aromatic rings. The fourth-order valence-electron chi connectivity index (χ4n) is 3.17. The Bertz CT molecular complexity index is 958. The van der Waals surface area contributed by atoms with Crippen molar-refractivity contribution in [2.24, 2.45) is 5.10 Å². The van der Waals surface area contributed by atoms with Gasteiger partial charge in [-0.15, -0.1) is 0 Å². The number of amides is 1. The van der Waals surface area contributed by atoms with Gasteiger partial charge in [-0.1, -0.05) is 42.5 Å². The smallest absolute Gasteiger partial charge is 0.277 e. The van der Waals surface area contributed by atoms with E-state index in [2.05, 4.69) is 47.1 Å². The average molecular weight is 375 g/mol. The number of nitrogens with one attached hydrogen (secondary N) is 1. The molecule has 1 heterocycles. The molecule has 0 saturated carbocycles. The topological polar surface area (TPSA) is 55.6 Å². The number of hydrogen-bond acceptors (Lipinski definition) is 3. The van der Waals surface area contributed by atoms with Crippen LogP contribution in [0, 0.1) is 13.8 Å². The summed E-state index contributed by atoms with van der Waals surface area (Å²) in [6, 6.07) is 19.8. The van der Waals surface area contributed by atoms with E-state index in [4.69, 9.17) is 4.74 Å². The van der Waals surface area contributed by atoms with E-state index in [1.807, 2.05) is 49.4 Å². The van der Waals surface area contributed by atoms with Crippen molar-refractivity contribution in [3.05, 3.63) is 77.6 Å². The van der Waals surface area contributed by atoms with Crippen LogP contribution in [0.25, 0.3) is 11.1 Å². The van der Waals surface area contributed by atoms with Gasteiger partial charge < -0.3 is 9.30 Å². The van der Waals surface area contributed by atoms with E-state index in [0.717, 1.165) is 28.9 Å². The summed E-state index contributed by atoms with van der Waals surface area (Å²) >= 11 is 0. The molecule has 3 rings (SSSR count). The molecule has 0 radical (unpaired) electrons. The normalized spacial score (nSPS) is 11.0. The Morgan fingerprint density at radius 1 is 1.07 bits per heavy atom. The number of aromatic nitrogens is 1. The van der Waals surface area contributed by atoms with Crippen LogP contribution in [0.5, 0.6) is 5.75 Å². The summed E-state index contributed by atoms with van der Waals surface area (Å²) in [5, 5.41) is 4.04. The van der Waals surface area contributed by atoms with Gasteiger partial charge in [0.1, 0.15) is 5.75 Å². The van der Waals surface area contributed by atoms with Crippen LogP contribution >= 0.6 is 0 Å². The number of nitrogens with zero attached hydrogens (tertiary/aromatic N) is 2. The molecular formula is C23H25N3O2. The summed E-state index contributed by atoms with van der Waals surface area (Å²) in [6.45, 7) is 7.03. The number of rotatable bonds is 7. The second kappa shape index (κ2) is 9.04. The molecule has 5 nitrogen and oxygen atoms in total. The third-order valence-corrected chi connectivity index (χ3v) is 4.65. The van der Waals surface area contributed by atoms with Gasteiger partial charge in [0, 0.05) is 23.5 Å². The minimum absolute atomic E-state index is 0.0873. The third-order valence-electron chi connectivity index (χ3n) is 4.65. The molecule has 0 atom stereocenters. The summed E-state index contributed by atoms with van der Waals surface area (Å²) in [6.07, 6.45) is 1.67. The molecule has 28 heavy (non-hydrogen) atoms. The van der Waals surface area contributed by atoms with Gasteiger partial charge in [-0.05, 0) is 50.1 Å². The molecule has 1 N–H and O–H groups in total. The zero-order valence-electron chi connectivity index (χ0n) is 16.5. The van der Waals surface area contributed by atoms with E-state index in [0.29, 0.717) is 5.75 Å². The van der Waals surface area contributed by atoms with Gasteiger partial charge in [-0.2, -0.15) is 5.10 Å². The molecule has 144 valence electrons. The molecule has 0 saturated heterocycles. The SMILES string of the molecule is CCn1c(C)cc(/C=N/NC(=O)COc2ccc(-c3ccccc3)cc2)c1C. The van der Waals surface area contributed by atoms with E-state index < -0.39 is 0 Å². The molecule has 0 spiro atoms. The van der Waals surface area contributed by atoms with Crippen molar-refractivity contribution < 1.29 is 9.53 Å². The molecular weight excluding hydrogens is 350 g/mol. The first kappa shape index (κ1) is 19.4. The van der Waals surface area contributed by atoms with Crippen LogP contribution in [0.2, 0.25) is 0 Å². The summed E-state index contributed by atoms with van der Waals surface area (Å²) < 4.78 is 7.74. The number of hydrogen-bond donors (Lipinski definition) is 1. The van der Waals surface area contributed by atoms with Crippen LogP contribution in [0.4, 0.5) is 0 Å². The number of carbonyl (C=O) groups is 1. The molecule has 1 amide bonds. The maximum Gasteiger partial charge on any atom is 0.277 e. The molecule has 0 aliphatic carbocycles. The molecule has 0 aliphatic heterocycles. The van der Waals surface area contributed by atoms with Gasteiger partial charge in [-0.25, -0.2) is 5.43 Å². The summed E-state index contributed by atoms with van der Waals surface area (Å²) in [7, 11) is 0. The zero-order chi connectivity index (χ0) is 19.9. The maximum atomic E-state index is 12.0. The van der Waals surface area contributed by atoms with Gasteiger partial charge in [0.15, 0.2) is 6.61 Å². The summed E-state index contributed by atoms with van der Waals surface area (Å²) in [5.41, 5.74) is 8.06. The first-order valence-corrected chi connectivity index (χ1v) is 9.35. The van der Waals surface area contributed by atoms with Gasteiger partial charge in [0.05, 0.1) is 6.21 Å². The van der Waals surface area contributed by atoms with Gasteiger partial charge in [-0.3, -0.25) is 4.79 Å². The largest absolute Gasteiger partial charge is 0.484 e. The van der Waals surface area contributed by atoms with Crippen LogP contribution in [-0.2, 0) is 11.3 Å². The Morgan fingerprint density at radius 2 is 1.75 bits per heavy atom. The first-order chi connectivity index (χ1) is 13.6. The third kappa shape index (κ3) is 4.68. The molecule has 5 heteroatoms. The Morgan fingerprint density at radius 3 is 2.39 bits per heavy atom.